The van der Waals surface area contributed by atoms with E-state index in [0.29, 0.717) is 24.8 Å². The molecule has 4 nitrogen and oxygen atoms in total. The lowest BCUT2D eigenvalue weighted by atomic mass is 10.2. The van der Waals surface area contributed by atoms with Gasteiger partial charge in [0.25, 0.3) is 0 Å². The number of carbonyl (C=O) groups excluding carboxylic acids is 1. The van der Waals surface area contributed by atoms with Crippen LogP contribution in [0.25, 0.3) is 0 Å². The Labute approximate surface area is 112 Å². The molecule has 1 aliphatic heterocycles. The molecule has 1 fully saturated rings. The van der Waals surface area contributed by atoms with E-state index in [2.05, 4.69) is 10.6 Å². The third-order valence-electron chi connectivity index (χ3n) is 3.05. The SMILES string of the molecule is O=C(CCNCC1CCCO1)Nc1ccc(F)cc1. The maximum absolute atomic E-state index is 12.7. The minimum absolute atomic E-state index is 0.0774. The quantitative estimate of drug-likeness (QED) is 0.773. The predicted molar refractivity (Wildman–Crippen MR) is 71.5 cm³/mol. The van der Waals surface area contributed by atoms with Crippen LogP contribution >= 0.6 is 0 Å². The first-order valence-electron chi connectivity index (χ1n) is 6.62. The van der Waals surface area contributed by atoms with Gasteiger partial charge in [-0.3, -0.25) is 4.79 Å². The summed E-state index contributed by atoms with van der Waals surface area (Å²) < 4.78 is 18.2. The first-order valence-corrected chi connectivity index (χ1v) is 6.62. The highest BCUT2D eigenvalue weighted by Gasteiger charge is 2.14. The minimum Gasteiger partial charge on any atom is -0.377 e. The Balaban J connectivity index is 1.60. The van der Waals surface area contributed by atoms with Crippen molar-refractivity contribution in [3.63, 3.8) is 0 Å². The van der Waals surface area contributed by atoms with Gasteiger partial charge in [0, 0.05) is 31.8 Å². The van der Waals surface area contributed by atoms with Crippen LogP contribution in [0.1, 0.15) is 19.3 Å². The molecule has 2 rings (SSSR count). The summed E-state index contributed by atoms with van der Waals surface area (Å²) in [6.45, 7) is 2.26. The fourth-order valence-corrected chi connectivity index (χ4v) is 2.03. The first kappa shape index (κ1) is 14.0. The molecule has 0 radical (unpaired) electrons. The van der Waals surface area contributed by atoms with Crippen molar-refractivity contribution in [2.75, 3.05) is 25.0 Å². The Morgan fingerprint density at radius 3 is 2.84 bits per heavy atom. The summed E-state index contributed by atoms with van der Waals surface area (Å²) in [6.07, 6.45) is 2.90. The molecule has 1 amide bonds. The van der Waals surface area contributed by atoms with Gasteiger partial charge in [0.05, 0.1) is 6.10 Å². The van der Waals surface area contributed by atoms with Gasteiger partial charge in [0.2, 0.25) is 5.91 Å². The van der Waals surface area contributed by atoms with Crippen LogP contribution < -0.4 is 10.6 Å². The van der Waals surface area contributed by atoms with Gasteiger partial charge in [0.1, 0.15) is 5.82 Å². The summed E-state index contributed by atoms with van der Waals surface area (Å²) >= 11 is 0. The van der Waals surface area contributed by atoms with E-state index in [1.165, 1.54) is 12.1 Å². The van der Waals surface area contributed by atoms with Gasteiger partial charge >= 0.3 is 0 Å². The fraction of sp³-hybridized carbons (Fsp3) is 0.500. The van der Waals surface area contributed by atoms with E-state index in [9.17, 15) is 9.18 Å². The lowest BCUT2D eigenvalue weighted by Crippen LogP contribution is -2.29. The molecule has 0 aliphatic carbocycles. The van der Waals surface area contributed by atoms with Crippen LogP contribution in [0.3, 0.4) is 0 Å². The average Bonchev–Trinajstić information content (AvgIpc) is 2.91. The van der Waals surface area contributed by atoms with Crippen LogP contribution in [0.15, 0.2) is 24.3 Å². The normalized spacial score (nSPS) is 18.5. The van der Waals surface area contributed by atoms with Gasteiger partial charge in [-0.1, -0.05) is 0 Å². The molecule has 1 heterocycles. The van der Waals surface area contributed by atoms with Crippen molar-refractivity contribution >= 4 is 11.6 Å². The molecule has 2 N–H and O–H groups in total. The van der Waals surface area contributed by atoms with Gasteiger partial charge in [0.15, 0.2) is 0 Å². The summed E-state index contributed by atoms with van der Waals surface area (Å²) in [4.78, 5) is 11.6. The van der Waals surface area contributed by atoms with E-state index in [4.69, 9.17) is 4.74 Å². The Bertz CT molecular complexity index is 402. The molecular formula is C14H19FN2O2. The molecule has 1 aromatic carbocycles. The van der Waals surface area contributed by atoms with Gasteiger partial charge in [-0.05, 0) is 37.1 Å². The lowest BCUT2D eigenvalue weighted by Gasteiger charge is -2.10. The minimum atomic E-state index is -0.309. The zero-order valence-corrected chi connectivity index (χ0v) is 10.8. The second-order valence-electron chi connectivity index (χ2n) is 4.64. The summed E-state index contributed by atoms with van der Waals surface area (Å²) in [6, 6.07) is 5.75. The van der Waals surface area contributed by atoms with Crippen LogP contribution in [-0.4, -0.2) is 31.7 Å². The Morgan fingerprint density at radius 2 is 2.16 bits per heavy atom. The van der Waals surface area contributed by atoms with Crippen LogP contribution in [0.5, 0.6) is 0 Å². The van der Waals surface area contributed by atoms with Crippen molar-refractivity contribution in [2.24, 2.45) is 0 Å². The maximum Gasteiger partial charge on any atom is 0.225 e. The number of carbonyl (C=O) groups is 1. The number of benzene rings is 1. The molecule has 1 unspecified atom stereocenters. The van der Waals surface area contributed by atoms with Crippen LogP contribution in [0.4, 0.5) is 10.1 Å². The number of amides is 1. The van der Waals surface area contributed by atoms with Crippen molar-refractivity contribution in [3.8, 4) is 0 Å². The predicted octanol–water partition coefficient (Wildman–Crippen LogP) is 1.92. The van der Waals surface area contributed by atoms with Crippen molar-refractivity contribution < 1.29 is 13.9 Å². The van der Waals surface area contributed by atoms with Crippen molar-refractivity contribution in [3.05, 3.63) is 30.1 Å². The average molecular weight is 266 g/mol. The third-order valence-corrected chi connectivity index (χ3v) is 3.05. The second-order valence-corrected chi connectivity index (χ2v) is 4.64. The number of rotatable bonds is 6. The smallest absolute Gasteiger partial charge is 0.225 e. The van der Waals surface area contributed by atoms with E-state index in [1.807, 2.05) is 0 Å². The first-order chi connectivity index (χ1) is 9.24. The monoisotopic (exact) mass is 266 g/mol. The van der Waals surface area contributed by atoms with Gasteiger partial charge in [-0.2, -0.15) is 0 Å². The van der Waals surface area contributed by atoms with Crippen molar-refractivity contribution in [2.45, 2.75) is 25.4 Å². The Hall–Kier alpha value is -1.46. The molecule has 19 heavy (non-hydrogen) atoms. The molecule has 1 atom stereocenters. The largest absolute Gasteiger partial charge is 0.377 e. The number of anilines is 1. The molecule has 5 heteroatoms. The number of ether oxygens (including phenoxy) is 1. The highest BCUT2D eigenvalue weighted by atomic mass is 19.1. The molecule has 1 aromatic rings. The van der Waals surface area contributed by atoms with Crippen LogP contribution in [0.2, 0.25) is 0 Å². The molecule has 0 spiro atoms. The summed E-state index contributed by atoms with van der Waals surface area (Å²) in [5, 5.41) is 5.93. The fourth-order valence-electron chi connectivity index (χ4n) is 2.03. The second kappa shape index (κ2) is 7.21. The van der Waals surface area contributed by atoms with Gasteiger partial charge in [-0.15, -0.1) is 0 Å². The molecule has 104 valence electrons. The lowest BCUT2D eigenvalue weighted by molar-refractivity contribution is -0.116. The van der Waals surface area contributed by atoms with E-state index < -0.39 is 0 Å². The van der Waals surface area contributed by atoms with E-state index in [1.54, 1.807) is 12.1 Å². The van der Waals surface area contributed by atoms with E-state index >= 15 is 0 Å². The van der Waals surface area contributed by atoms with Crippen LogP contribution in [0, 0.1) is 5.82 Å². The van der Waals surface area contributed by atoms with Crippen molar-refractivity contribution in [1.29, 1.82) is 0 Å². The van der Waals surface area contributed by atoms with E-state index in [0.717, 1.165) is 26.0 Å². The Kier molecular flexibility index (Phi) is 5.30. The molecule has 1 saturated heterocycles. The van der Waals surface area contributed by atoms with E-state index in [-0.39, 0.29) is 11.7 Å². The maximum atomic E-state index is 12.7. The summed E-state index contributed by atoms with van der Waals surface area (Å²) in [5.74, 6) is -0.386. The molecule has 0 aromatic heterocycles. The number of hydrogen-bond donors (Lipinski definition) is 2. The van der Waals surface area contributed by atoms with Gasteiger partial charge in [-0.25, -0.2) is 4.39 Å². The third kappa shape index (κ3) is 4.96. The number of halogens is 1. The highest BCUT2D eigenvalue weighted by Crippen LogP contribution is 2.10. The molecule has 0 saturated carbocycles. The van der Waals surface area contributed by atoms with Gasteiger partial charge < -0.3 is 15.4 Å². The molecule has 0 bridgehead atoms. The molecular weight excluding hydrogens is 247 g/mol. The van der Waals surface area contributed by atoms with Crippen LogP contribution in [-0.2, 0) is 9.53 Å². The summed E-state index contributed by atoms with van der Waals surface area (Å²) in [7, 11) is 0. The highest BCUT2D eigenvalue weighted by molar-refractivity contribution is 5.90. The molecule has 1 aliphatic rings. The van der Waals surface area contributed by atoms with Crippen molar-refractivity contribution in [1.82, 2.24) is 5.32 Å². The zero-order valence-electron chi connectivity index (χ0n) is 10.8. The number of hydrogen-bond acceptors (Lipinski definition) is 3. The Morgan fingerprint density at radius 1 is 1.37 bits per heavy atom. The summed E-state index contributed by atoms with van der Waals surface area (Å²) in [5.41, 5.74) is 0.616. The number of nitrogens with one attached hydrogen (secondary N) is 2. The standard InChI is InChI=1S/C14H19FN2O2/c15-11-3-5-12(6-4-11)17-14(18)7-8-16-10-13-2-1-9-19-13/h3-6,13,16H,1-2,7-10H2,(H,17,18). The topological polar surface area (TPSA) is 50.4 Å². The zero-order chi connectivity index (χ0) is 13.5.